The molecule has 1 aliphatic heterocycles. The van der Waals surface area contributed by atoms with Crippen LogP contribution in [0.5, 0.6) is 0 Å². The van der Waals surface area contributed by atoms with Crippen LogP contribution in [0.1, 0.15) is 40.2 Å². The van der Waals surface area contributed by atoms with Crippen molar-refractivity contribution in [3.8, 4) is 0 Å². The number of benzene rings is 1. The highest BCUT2D eigenvalue weighted by atomic mass is 16.7. The number of aryl methyl sites for hydroxylation is 1. The van der Waals surface area contributed by atoms with Gasteiger partial charge in [0.25, 0.3) is 0 Å². The summed E-state index contributed by atoms with van der Waals surface area (Å²) in [7, 11) is 1.83. The molecule has 0 unspecified atom stereocenters. The van der Waals surface area contributed by atoms with Crippen molar-refractivity contribution in [2.24, 2.45) is 0 Å². The molecule has 0 spiro atoms. The van der Waals surface area contributed by atoms with Gasteiger partial charge in [-0.05, 0) is 58.6 Å². The third kappa shape index (κ3) is 2.59. The molecule has 0 radical (unpaired) electrons. The van der Waals surface area contributed by atoms with E-state index in [4.69, 9.17) is 9.31 Å². The average Bonchev–Trinajstić information content (AvgIpc) is 2.57. The summed E-state index contributed by atoms with van der Waals surface area (Å²) in [4.78, 5) is 2.24. The Labute approximate surface area is 123 Å². The van der Waals surface area contributed by atoms with Crippen LogP contribution in [0, 0.1) is 6.92 Å². The van der Waals surface area contributed by atoms with Crippen molar-refractivity contribution < 1.29 is 9.31 Å². The molecule has 0 amide bonds. The molecule has 0 aliphatic carbocycles. The summed E-state index contributed by atoms with van der Waals surface area (Å²) >= 11 is 0. The second-order valence-corrected chi connectivity index (χ2v) is 6.65. The van der Waals surface area contributed by atoms with Crippen LogP contribution in [0.4, 0.5) is 5.69 Å². The first-order valence-corrected chi connectivity index (χ1v) is 7.35. The van der Waals surface area contributed by atoms with E-state index in [1.807, 2.05) is 0 Å². The van der Waals surface area contributed by atoms with Gasteiger partial charge in [-0.25, -0.2) is 0 Å². The molecule has 0 atom stereocenters. The molecule has 1 heterocycles. The Kier molecular flexibility index (Phi) is 3.91. The minimum absolute atomic E-state index is 0.278. The molecule has 2 rings (SSSR count). The third-order valence-corrected chi connectivity index (χ3v) is 4.63. The third-order valence-electron chi connectivity index (χ3n) is 4.63. The molecule has 4 heteroatoms. The van der Waals surface area contributed by atoms with Gasteiger partial charge in [0.1, 0.15) is 0 Å². The van der Waals surface area contributed by atoms with Crippen LogP contribution in [0.15, 0.2) is 18.2 Å². The van der Waals surface area contributed by atoms with Gasteiger partial charge in [-0.15, -0.1) is 0 Å². The minimum Gasteiger partial charge on any atom is -0.399 e. The maximum Gasteiger partial charge on any atom is 0.494 e. The molecule has 1 saturated heterocycles. The van der Waals surface area contributed by atoms with Crippen molar-refractivity contribution in [1.82, 2.24) is 0 Å². The van der Waals surface area contributed by atoms with Crippen molar-refractivity contribution in [2.75, 3.05) is 18.5 Å². The zero-order chi connectivity index (χ0) is 15.1. The van der Waals surface area contributed by atoms with Crippen molar-refractivity contribution in [1.29, 1.82) is 0 Å². The Morgan fingerprint density at radius 2 is 1.65 bits per heavy atom. The van der Waals surface area contributed by atoms with Gasteiger partial charge in [0.2, 0.25) is 0 Å². The fraction of sp³-hybridized carbons (Fsp3) is 0.625. The highest BCUT2D eigenvalue weighted by Crippen LogP contribution is 2.36. The first kappa shape index (κ1) is 15.4. The van der Waals surface area contributed by atoms with E-state index in [-0.39, 0.29) is 18.3 Å². The Balaban J connectivity index is 2.26. The molecule has 3 nitrogen and oxygen atoms in total. The van der Waals surface area contributed by atoms with E-state index >= 15 is 0 Å². The van der Waals surface area contributed by atoms with E-state index in [9.17, 15) is 0 Å². The molecule has 20 heavy (non-hydrogen) atoms. The molecular formula is C16H26BNO2. The first-order chi connectivity index (χ1) is 9.18. The van der Waals surface area contributed by atoms with Crippen LogP contribution in [0.3, 0.4) is 0 Å². The summed E-state index contributed by atoms with van der Waals surface area (Å²) in [5.74, 6) is 0. The van der Waals surface area contributed by atoms with Gasteiger partial charge in [0.05, 0.1) is 11.2 Å². The number of anilines is 1. The minimum atomic E-state index is -0.287. The van der Waals surface area contributed by atoms with Gasteiger partial charge in [0, 0.05) is 19.3 Å². The Morgan fingerprint density at radius 3 is 2.10 bits per heavy atom. The normalized spacial score (nSPS) is 20.2. The summed E-state index contributed by atoms with van der Waals surface area (Å²) in [6.07, 6.45) is 0. The fourth-order valence-electron chi connectivity index (χ4n) is 2.40. The lowest BCUT2D eigenvalue weighted by molar-refractivity contribution is 0.00578. The zero-order valence-corrected chi connectivity index (χ0v) is 13.8. The van der Waals surface area contributed by atoms with Crippen LogP contribution >= 0.6 is 0 Å². The standard InChI is InChI=1S/C16H26BNO2/c1-8-18(7)14-10-9-13(11-12(14)2)17-19-15(3,4)16(5,6)20-17/h9-11H,8H2,1-7H3. The monoisotopic (exact) mass is 275 g/mol. The van der Waals surface area contributed by atoms with Gasteiger partial charge >= 0.3 is 7.12 Å². The van der Waals surface area contributed by atoms with Crippen LogP contribution in [0.2, 0.25) is 0 Å². The summed E-state index contributed by atoms with van der Waals surface area (Å²) in [6, 6.07) is 6.43. The van der Waals surface area contributed by atoms with Gasteiger partial charge in [-0.3, -0.25) is 0 Å². The summed E-state index contributed by atoms with van der Waals surface area (Å²) in [5, 5.41) is 0. The maximum atomic E-state index is 6.10. The first-order valence-electron chi connectivity index (χ1n) is 7.35. The smallest absolute Gasteiger partial charge is 0.399 e. The molecular weight excluding hydrogens is 249 g/mol. The molecule has 1 fully saturated rings. The van der Waals surface area contributed by atoms with Crippen LogP contribution < -0.4 is 10.4 Å². The lowest BCUT2D eigenvalue weighted by Crippen LogP contribution is -2.41. The number of hydrogen-bond donors (Lipinski definition) is 0. The average molecular weight is 275 g/mol. The molecule has 1 aromatic carbocycles. The lowest BCUT2D eigenvalue weighted by atomic mass is 9.78. The molecule has 110 valence electrons. The largest absolute Gasteiger partial charge is 0.494 e. The SMILES string of the molecule is CCN(C)c1ccc(B2OC(C)(C)C(C)(C)O2)cc1C. The molecule has 0 bridgehead atoms. The van der Waals surface area contributed by atoms with Gasteiger partial charge < -0.3 is 14.2 Å². The van der Waals surface area contributed by atoms with Crippen LogP contribution in [-0.2, 0) is 9.31 Å². The number of hydrogen-bond acceptors (Lipinski definition) is 3. The van der Waals surface area contributed by atoms with Crippen LogP contribution in [-0.4, -0.2) is 31.9 Å². The predicted molar refractivity (Wildman–Crippen MR) is 85.8 cm³/mol. The lowest BCUT2D eigenvalue weighted by Gasteiger charge is -2.32. The highest BCUT2D eigenvalue weighted by molar-refractivity contribution is 6.62. The molecule has 1 aliphatic rings. The van der Waals surface area contributed by atoms with Gasteiger partial charge in [0.15, 0.2) is 0 Å². The Bertz CT molecular complexity index is 483. The second-order valence-electron chi connectivity index (χ2n) is 6.65. The summed E-state index contributed by atoms with van der Waals surface area (Å²) in [6.45, 7) is 13.6. The summed E-state index contributed by atoms with van der Waals surface area (Å²) < 4.78 is 12.2. The molecule has 0 aromatic heterocycles. The fourth-order valence-corrected chi connectivity index (χ4v) is 2.40. The van der Waals surface area contributed by atoms with Gasteiger partial charge in [-0.1, -0.05) is 12.1 Å². The zero-order valence-electron chi connectivity index (χ0n) is 13.8. The molecule has 0 N–H and O–H groups in total. The van der Waals surface area contributed by atoms with Crippen molar-refractivity contribution in [3.63, 3.8) is 0 Å². The van der Waals surface area contributed by atoms with E-state index in [1.165, 1.54) is 11.3 Å². The van der Waals surface area contributed by atoms with Crippen molar-refractivity contribution in [3.05, 3.63) is 23.8 Å². The molecule has 0 saturated carbocycles. The van der Waals surface area contributed by atoms with E-state index < -0.39 is 0 Å². The quantitative estimate of drug-likeness (QED) is 0.792. The highest BCUT2D eigenvalue weighted by Gasteiger charge is 2.51. The van der Waals surface area contributed by atoms with Crippen LogP contribution in [0.25, 0.3) is 0 Å². The van der Waals surface area contributed by atoms with Crippen molar-refractivity contribution in [2.45, 2.75) is 52.7 Å². The maximum absolute atomic E-state index is 6.10. The Hall–Kier alpha value is -0.995. The van der Waals surface area contributed by atoms with E-state index in [0.29, 0.717) is 0 Å². The van der Waals surface area contributed by atoms with E-state index in [0.717, 1.165) is 12.0 Å². The number of nitrogens with zero attached hydrogens (tertiary/aromatic N) is 1. The van der Waals surface area contributed by atoms with E-state index in [1.54, 1.807) is 0 Å². The van der Waals surface area contributed by atoms with Gasteiger partial charge in [-0.2, -0.15) is 0 Å². The second kappa shape index (κ2) is 5.08. The topological polar surface area (TPSA) is 21.7 Å². The molecule has 1 aromatic rings. The number of rotatable bonds is 3. The Morgan fingerprint density at radius 1 is 1.10 bits per heavy atom. The predicted octanol–water partition coefficient (Wildman–Crippen LogP) is 2.75. The van der Waals surface area contributed by atoms with E-state index in [2.05, 4.69) is 71.7 Å². The van der Waals surface area contributed by atoms with Crippen molar-refractivity contribution >= 4 is 18.3 Å². The summed E-state index contributed by atoms with van der Waals surface area (Å²) in [5.41, 5.74) is 3.03.